The maximum Gasteiger partial charge on any atom is 0.254 e. The van der Waals surface area contributed by atoms with Gasteiger partial charge in [-0.05, 0) is 45.9 Å². The van der Waals surface area contributed by atoms with Crippen LogP contribution in [-0.4, -0.2) is 50.0 Å². The van der Waals surface area contributed by atoms with E-state index in [2.05, 4.69) is 10.0 Å². The summed E-state index contributed by atoms with van der Waals surface area (Å²) in [5.74, 6) is -0.582. The Hall–Kier alpha value is -2.09. The Bertz CT molecular complexity index is 708. The van der Waals surface area contributed by atoms with E-state index in [1.165, 1.54) is 11.0 Å². The summed E-state index contributed by atoms with van der Waals surface area (Å²) < 4.78 is 24.9. The fourth-order valence-corrected chi connectivity index (χ4v) is 2.63. The highest BCUT2D eigenvalue weighted by molar-refractivity contribution is 7.92. The van der Waals surface area contributed by atoms with E-state index in [0.29, 0.717) is 17.8 Å². The number of nitrogens with one attached hydrogen (secondary N) is 2. The van der Waals surface area contributed by atoms with Gasteiger partial charge in [0.25, 0.3) is 5.91 Å². The molecule has 7 nitrogen and oxygen atoms in total. The maximum atomic E-state index is 12.6. The third kappa shape index (κ3) is 6.99. The number of hydrogen-bond donors (Lipinski definition) is 2. The molecule has 0 aromatic heterocycles. The van der Waals surface area contributed by atoms with E-state index in [9.17, 15) is 18.0 Å². The minimum atomic E-state index is -3.42. The Morgan fingerprint density at radius 3 is 2.33 bits per heavy atom. The Labute approximate surface area is 143 Å². The van der Waals surface area contributed by atoms with Gasteiger partial charge in [0.15, 0.2) is 0 Å². The molecule has 0 saturated heterocycles. The molecule has 0 spiro atoms. The second-order valence-electron chi connectivity index (χ2n) is 6.57. The quantitative estimate of drug-likeness (QED) is 0.807. The summed E-state index contributed by atoms with van der Waals surface area (Å²) in [7, 11) is -3.42. The van der Waals surface area contributed by atoms with Crippen molar-refractivity contribution in [2.75, 3.05) is 24.1 Å². The molecule has 1 rings (SSSR count). The topological polar surface area (TPSA) is 95.6 Å². The molecule has 2 N–H and O–H groups in total. The van der Waals surface area contributed by atoms with Gasteiger partial charge >= 0.3 is 0 Å². The van der Waals surface area contributed by atoms with Crippen molar-refractivity contribution in [2.45, 2.75) is 33.2 Å². The second kappa shape index (κ2) is 7.65. The lowest BCUT2D eigenvalue weighted by Gasteiger charge is -2.25. The van der Waals surface area contributed by atoms with Crippen LogP contribution in [0.5, 0.6) is 0 Å². The van der Waals surface area contributed by atoms with Gasteiger partial charge in [0.2, 0.25) is 15.9 Å². The smallest absolute Gasteiger partial charge is 0.254 e. The van der Waals surface area contributed by atoms with Crippen molar-refractivity contribution in [1.82, 2.24) is 10.2 Å². The van der Waals surface area contributed by atoms with Crippen molar-refractivity contribution in [3.63, 3.8) is 0 Å². The molecule has 1 aromatic rings. The standard InChI is InChI=1S/C16H25N3O4S/c1-6-19(11-14(20)17-16(2,3)4)15(21)12-8-7-9-13(10-12)18-24(5,22)23/h7-10,18H,6,11H2,1-5H3,(H,17,20). The zero-order valence-corrected chi connectivity index (χ0v) is 15.5. The molecular formula is C16H25N3O4S. The third-order valence-corrected chi connectivity index (χ3v) is 3.54. The number of hydrogen-bond acceptors (Lipinski definition) is 4. The summed E-state index contributed by atoms with van der Waals surface area (Å²) in [5.41, 5.74) is 0.242. The van der Waals surface area contributed by atoms with Gasteiger partial charge in [-0.25, -0.2) is 8.42 Å². The highest BCUT2D eigenvalue weighted by atomic mass is 32.2. The van der Waals surface area contributed by atoms with E-state index < -0.39 is 10.0 Å². The van der Waals surface area contributed by atoms with Crippen molar-refractivity contribution >= 4 is 27.5 Å². The van der Waals surface area contributed by atoms with Crippen LogP contribution in [0.2, 0.25) is 0 Å². The van der Waals surface area contributed by atoms with Crippen LogP contribution < -0.4 is 10.0 Å². The first-order chi connectivity index (χ1) is 10.9. The number of carbonyl (C=O) groups is 2. The maximum absolute atomic E-state index is 12.6. The van der Waals surface area contributed by atoms with Crippen molar-refractivity contribution < 1.29 is 18.0 Å². The average molecular weight is 355 g/mol. The van der Waals surface area contributed by atoms with Crippen LogP contribution in [0.25, 0.3) is 0 Å². The third-order valence-electron chi connectivity index (χ3n) is 2.93. The first-order valence-electron chi connectivity index (χ1n) is 7.59. The van der Waals surface area contributed by atoms with E-state index in [4.69, 9.17) is 0 Å². The molecule has 0 saturated carbocycles. The lowest BCUT2D eigenvalue weighted by atomic mass is 10.1. The van der Waals surface area contributed by atoms with E-state index in [1.807, 2.05) is 20.8 Å². The van der Waals surface area contributed by atoms with Crippen LogP contribution in [0.3, 0.4) is 0 Å². The molecule has 0 fully saturated rings. The van der Waals surface area contributed by atoms with Gasteiger partial charge in [-0.15, -0.1) is 0 Å². The Morgan fingerprint density at radius 1 is 1.21 bits per heavy atom. The number of sulfonamides is 1. The molecule has 0 heterocycles. The first-order valence-corrected chi connectivity index (χ1v) is 9.48. The molecule has 0 unspecified atom stereocenters. The number of amides is 2. The largest absolute Gasteiger partial charge is 0.350 e. The van der Waals surface area contributed by atoms with Crippen LogP contribution in [-0.2, 0) is 14.8 Å². The molecule has 1 aromatic carbocycles. The minimum absolute atomic E-state index is 0.0592. The van der Waals surface area contributed by atoms with Gasteiger partial charge in [-0.3, -0.25) is 14.3 Å². The molecule has 0 radical (unpaired) electrons. The zero-order valence-electron chi connectivity index (χ0n) is 14.7. The highest BCUT2D eigenvalue weighted by Crippen LogP contribution is 2.14. The van der Waals surface area contributed by atoms with Crippen molar-refractivity contribution in [3.05, 3.63) is 29.8 Å². The second-order valence-corrected chi connectivity index (χ2v) is 8.32. The molecule has 0 atom stereocenters. The van der Waals surface area contributed by atoms with Gasteiger partial charge in [-0.2, -0.15) is 0 Å². The number of rotatable bonds is 6. The van der Waals surface area contributed by atoms with Crippen molar-refractivity contribution in [2.24, 2.45) is 0 Å². The number of anilines is 1. The summed E-state index contributed by atoms with van der Waals surface area (Å²) in [6.07, 6.45) is 1.04. The van der Waals surface area contributed by atoms with E-state index >= 15 is 0 Å². The predicted octanol–water partition coefficient (Wildman–Crippen LogP) is 1.43. The first kappa shape index (κ1) is 20.0. The van der Waals surface area contributed by atoms with Gasteiger partial charge < -0.3 is 10.2 Å². The molecule has 0 aliphatic carbocycles. The molecule has 2 amide bonds. The number of benzene rings is 1. The van der Waals surface area contributed by atoms with Gasteiger partial charge in [0.05, 0.1) is 12.8 Å². The Balaban J connectivity index is 2.90. The van der Waals surface area contributed by atoms with Crippen molar-refractivity contribution in [1.29, 1.82) is 0 Å². The number of nitrogens with zero attached hydrogens (tertiary/aromatic N) is 1. The van der Waals surface area contributed by atoms with Crippen LogP contribution in [0.4, 0.5) is 5.69 Å². The lowest BCUT2D eigenvalue weighted by Crippen LogP contribution is -2.47. The molecule has 8 heteroatoms. The zero-order chi connectivity index (χ0) is 18.5. The van der Waals surface area contributed by atoms with Crippen LogP contribution in [0.1, 0.15) is 38.1 Å². The fourth-order valence-electron chi connectivity index (χ4n) is 2.07. The van der Waals surface area contributed by atoms with E-state index in [0.717, 1.165) is 6.26 Å². The normalized spacial score (nSPS) is 11.7. The fraction of sp³-hybridized carbons (Fsp3) is 0.500. The van der Waals surface area contributed by atoms with Crippen molar-refractivity contribution in [3.8, 4) is 0 Å². The summed E-state index contributed by atoms with van der Waals surface area (Å²) in [5, 5.41) is 2.81. The summed E-state index contributed by atoms with van der Waals surface area (Å²) in [6.45, 7) is 7.67. The number of likely N-dealkylation sites (N-methyl/N-ethyl adjacent to an activating group) is 1. The average Bonchev–Trinajstić information content (AvgIpc) is 2.40. The molecule has 0 bridgehead atoms. The van der Waals surface area contributed by atoms with E-state index in [1.54, 1.807) is 25.1 Å². The lowest BCUT2D eigenvalue weighted by molar-refractivity contribution is -0.123. The Kier molecular flexibility index (Phi) is 6.36. The SMILES string of the molecule is CCN(CC(=O)NC(C)(C)C)C(=O)c1cccc(NS(C)(=O)=O)c1. The van der Waals surface area contributed by atoms with Gasteiger partial charge in [0, 0.05) is 23.3 Å². The van der Waals surface area contributed by atoms with Crippen LogP contribution in [0, 0.1) is 0 Å². The predicted molar refractivity (Wildman–Crippen MR) is 94.4 cm³/mol. The summed E-state index contributed by atoms with van der Waals surface area (Å²) in [4.78, 5) is 26.0. The molecule has 0 aliphatic heterocycles. The minimum Gasteiger partial charge on any atom is -0.350 e. The summed E-state index contributed by atoms with van der Waals surface area (Å²) in [6, 6.07) is 6.18. The van der Waals surface area contributed by atoms with Gasteiger partial charge in [-0.1, -0.05) is 6.07 Å². The van der Waals surface area contributed by atoms with Gasteiger partial charge in [0.1, 0.15) is 0 Å². The molecular weight excluding hydrogens is 330 g/mol. The van der Waals surface area contributed by atoms with E-state index in [-0.39, 0.29) is 23.9 Å². The summed E-state index contributed by atoms with van der Waals surface area (Å²) >= 11 is 0. The molecule has 0 aliphatic rings. The Morgan fingerprint density at radius 2 is 1.83 bits per heavy atom. The monoisotopic (exact) mass is 355 g/mol. The van der Waals surface area contributed by atoms with Crippen LogP contribution in [0.15, 0.2) is 24.3 Å². The number of carbonyl (C=O) groups excluding carboxylic acids is 2. The molecule has 134 valence electrons. The molecule has 24 heavy (non-hydrogen) atoms. The van der Waals surface area contributed by atoms with Crippen LogP contribution >= 0.6 is 0 Å². The highest BCUT2D eigenvalue weighted by Gasteiger charge is 2.20.